The molecule has 0 aliphatic heterocycles. The third-order valence-corrected chi connectivity index (χ3v) is 6.80. The highest BCUT2D eigenvalue weighted by Crippen LogP contribution is 2.31. The van der Waals surface area contributed by atoms with Crippen LogP contribution in [-0.4, -0.2) is 57.0 Å². The van der Waals surface area contributed by atoms with E-state index in [1.807, 2.05) is 30.8 Å². The molecule has 1 amide bonds. The summed E-state index contributed by atoms with van der Waals surface area (Å²) in [6, 6.07) is 6.14. The van der Waals surface area contributed by atoms with Gasteiger partial charge in [0.2, 0.25) is 5.95 Å². The highest BCUT2D eigenvalue weighted by atomic mass is 32.2. The standard InChI is InChI=1S/C21H26N6O2S2/c1-12(28)9-22-19(29)13-3-6-17-18(7-13)31-21(27-17)26-15-5-4-14(8-15)25-20-23-10-16(30-2)11-24-20/h3,6-7,10-12,14-15,28H,4-5,8-9H2,1-2H3,(H,22,29)(H,26,27)(H,23,24,25)/t12?,14-,15-/m0/s1. The molecular weight excluding hydrogens is 432 g/mol. The van der Waals surface area contributed by atoms with Gasteiger partial charge in [0.25, 0.3) is 5.91 Å². The van der Waals surface area contributed by atoms with Crippen molar-refractivity contribution in [2.24, 2.45) is 0 Å². The summed E-state index contributed by atoms with van der Waals surface area (Å²) in [7, 11) is 0. The zero-order chi connectivity index (χ0) is 21.8. The zero-order valence-electron chi connectivity index (χ0n) is 17.5. The number of hydrogen-bond donors (Lipinski definition) is 4. The van der Waals surface area contributed by atoms with Crippen molar-refractivity contribution >= 4 is 50.3 Å². The first-order valence-corrected chi connectivity index (χ1v) is 12.3. The molecule has 164 valence electrons. The number of fused-ring (bicyclic) bond motifs is 1. The lowest BCUT2D eigenvalue weighted by Crippen LogP contribution is -2.30. The summed E-state index contributed by atoms with van der Waals surface area (Å²) in [4.78, 5) is 26.7. The van der Waals surface area contributed by atoms with Crippen LogP contribution in [0.5, 0.6) is 0 Å². The van der Waals surface area contributed by atoms with E-state index < -0.39 is 6.10 Å². The van der Waals surface area contributed by atoms with E-state index in [0.29, 0.717) is 23.6 Å². The molecule has 31 heavy (non-hydrogen) atoms. The van der Waals surface area contributed by atoms with Crippen LogP contribution in [0.2, 0.25) is 0 Å². The van der Waals surface area contributed by atoms with E-state index in [4.69, 9.17) is 0 Å². The van der Waals surface area contributed by atoms with Crippen molar-refractivity contribution in [1.29, 1.82) is 0 Å². The molecule has 1 unspecified atom stereocenters. The summed E-state index contributed by atoms with van der Waals surface area (Å²) in [5.74, 6) is 0.480. The van der Waals surface area contributed by atoms with E-state index in [-0.39, 0.29) is 12.5 Å². The molecule has 1 fully saturated rings. The van der Waals surface area contributed by atoms with Crippen LogP contribution in [0.3, 0.4) is 0 Å². The Morgan fingerprint density at radius 1 is 1.26 bits per heavy atom. The molecular formula is C21H26N6O2S2. The van der Waals surface area contributed by atoms with Crippen LogP contribution in [0.1, 0.15) is 36.5 Å². The number of carbonyl (C=O) groups is 1. The van der Waals surface area contributed by atoms with E-state index in [2.05, 4.69) is 30.9 Å². The Morgan fingerprint density at radius 3 is 2.71 bits per heavy atom. The number of thioether (sulfide) groups is 1. The number of rotatable bonds is 8. The van der Waals surface area contributed by atoms with Crippen molar-refractivity contribution in [3.8, 4) is 0 Å². The Bertz CT molecular complexity index is 1040. The average Bonchev–Trinajstić information content (AvgIpc) is 3.38. The van der Waals surface area contributed by atoms with E-state index in [0.717, 1.165) is 39.5 Å². The Hall–Kier alpha value is -2.43. The minimum Gasteiger partial charge on any atom is -0.392 e. The number of thiazole rings is 1. The van der Waals surface area contributed by atoms with Crippen molar-refractivity contribution in [3.05, 3.63) is 36.2 Å². The average molecular weight is 459 g/mol. The largest absolute Gasteiger partial charge is 0.392 e. The van der Waals surface area contributed by atoms with Crippen molar-refractivity contribution in [3.63, 3.8) is 0 Å². The van der Waals surface area contributed by atoms with Crippen LogP contribution in [0.15, 0.2) is 35.5 Å². The molecule has 0 spiro atoms. The molecule has 1 saturated carbocycles. The van der Waals surface area contributed by atoms with Gasteiger partial charge in [0.05, 0.1) is 16.3 Å². The molecule has 4 rings (SSSR count). The number of amides is 1. The van der Waals surface area contributed by atoms with Gasteiger partial charge in [0, 0.05) is 41.5 Å². The minimum absolute atomic E-state index is 0.191. The van der Waals surface area contributed by atoms with E-state index in [9.17, 15) is 9.90 Å². The fourth-order valence-corrected chi connectivity index (χ4v) is 4.87. The van der Waals surface area contributed by atoms with Gasteiger partial charge >= 0.3 is 0 Å². The highest BCUT2D eigenvalue weighted by Gasteiger charge is 2.26. The van der Waals surface area contributed by atoms with Crippen LogP contribution in [-0.2, 0) is 0 Å². The summed E-state index contributed by atoms with van der Waals surface area (Å²) in [5, 5.41) is 19.9. The topological polar surface area (TPSA) is 112 Å². The summed E-state index contributed by atoms with van der Waals surface area (Å²) in [6.45, 7) is 1.87. The summed E-state index contributed by atoms with van der Waals surface area (Å²) in [5.41, 5.74) is 1.44. The number of aliphatic hydroxyl groups is 1. The van der Waals surface area contributed by atoms with Gasteiger partial charge in [0.15, 0.2) is 5.13 Å². The molecule has 4 N–H and O–H groups in total. The first kappa shape index (κ1) is 21.8. The number of benzene rings is 1. The molecule has 0 bridgehead atoms. The smallest absolute Gasteiger partial charge is 0.251 e. The summed E-state index contributed by atoms with van der Waals surface area (Å²) < 4.78 is 0.960. The fraction of sp³-hybridized carbons (Fsp3) is 0.429. The van der Waals surface area contributed by atoms with Crippen LogP contribution in [0, 0.1) is 0 Å². The monoisotopic (exact) mass is 458 g/mol. The Labute approximate surface area is 189 Å². The zero-order valence-corrected chi connectivity index (χ0v) is 19.1. The Kier molecular flexibility index (Phi) is 6.89. The Balaban J connectivity index is 1.34. The maximum absolute atomic E-state index is 12.2. The third-order valence-electron chi connectivity index (χ3n) is 5.17. The molecule has 0 radical (unpaired) electrons. The number of carbonyl (C=O) groups excluding carboxylic acids is 1. The molecule has 8 nitrogen and oxygen atoms in total. The second kappa shape index (κ2) is 9.80. The fourth-order valence-electron chi connectivity index (χ4n) is 3.57. The normalized spacial score (nSPS) is 19.3. The van der Waals surface area contributed by atoms with Crippen molar-refractivity contribution in [2.45, 2.75) is 49.3 Å². The van der Waals surface area contributed by atoms with Crippen molar-refractivity contribution < 1.29 is 9.90 Å². The Morgan fingerprint density at radius 2 is 2.00 bits per heavy atom. The van der Waals surface area contributed by atoms with Crippen LogP contribution >= 0.6 is 23.1 Å². The predicted octanol–water partition coefficient (Wildman–Crippen LogP) is 3.36. The highest BCUT2D eigenvalue weighted by molar-refractivity contribution is 7.98. The molecule has 1 aromatic carbocycles. The molecule has 2 heterocycles. The number of aromatic nitrogens is 3. The second-order valence-corrected chi connectivity index (χ2v) is 9.61. The molecule has 2 aromatic heterocycles. The van der Waals surface area contributed by atoms with Crippen LogP contribution < -0.4 is 16.0 Å². The molecule has 1 aliphatic carbocycles. The van der Waals surface area contributed by atoms with Crippen molar-refractivity contribution in [1.82, 2.24) is 20.3 Å². The molecule has 10 heteroatoms. The first-order chi connectivity index (χ1) is 15.0. The van der Waals surface area contributed by atoms with E-state index >= 15 is 0 Å². The number of hydrogen-bond acceptors (Lipinski definition) is 9. The molecule has 3 atom stereocenters. The van der Waals surface area contributed by atoms with Gasteiger partial charge in [-0.15, -0.1) is 11.8 Å². The second-order valence-electron chi connectivity index (χ2n) is 7.70. The number of nitrogens with zero attached hydrogens (tertiary/aromatic N) is 3. The van der Waals surface area contributed by atoms with Gasteiger partial charge < -0.3 is 21.1 Å². The van der Waals surface area contributed by atoms with E-state index in [1.165, 1.54) is 0 Å². The van der Waals surface area contributed by atoms with Crippen molar-refractivity contribution in [2.75, 3.05) is 23.4 Å². The number of anilines is 2. The quantitative estimate of drug-likeness (QED) is 0.380. The van der Waals surface area contributed by atoms with Gasteiger partial charge in [0.1, 0.15) is 0 Å². The minimum atomic E-state index is -0.571. The molecule has 3 aromatic rings. The van der Waals surface area contributed by atoms with Crippen LogP contribution in [0.25, 0.3) is 10.2 Å². The number of nitrogens with one attached hydrogen (secondary N) is 3. The van der Waals surface area contributed by atoms with E-state index in [1.54, 1.807) is 36.1 Å². The maximum atomic E-state index is 12.2. The lowest BCUT2D eigenvalue weighted by Gasteiger charge is -2.14. The van der Waals surface area contributed by atoms with Gasteiger partial charge in [-0.2, -0.15) is 0 Å². The first-order valence-electron chi connectivity index (χ1n) is 10.3. The number of aliphatic hydroxyl groups excluding tert-OH is 1. The van der Waals surface area contributed by atoms with Gasteiger partial charge in [-0.1, -0.05) is 11.3 Å². The summed E-state index contributed by atoms with van der Waals surface area (Å²) >= 11 is 3.18. The van der Waals surface area contributed by atoms with Gasteiger partial charge in [-0.05, 0) is 50.6 Å². The third kappa shape index (κ3) is 5.63. The maximum Gasteiger partial charge on any atom is 0.251 e. The summed E-state index contributed by atoms with van der Waals surface area (Å²) in [6.07, 6.45) is 8.17. The van der Waals surface area contributed by atoms with Crippen LogP contribution in [0.4, 0.5) is 11.1 Å². The van der Waals surface area contributed by atoms with Gasteiger partial charge in [-0.3, -0.25) is 4.79 Å². The molecule has 0 saturated heterocycles. The SMILES string of the molecule is CSc1cnc(N[C@H]2CC[C@H](Nc3nc4ccc(C(=O)NCC(C)O)cc4s3)C2)nc1. The molecule has 1 aliphatic rings. The van der Waals surface area contributed by atoms with Gasteiger partial charge in [-0.25, -0.2) is 15.0 Å². The predicted molar refractivity (Wildman–Crippen MR) is 126 cm³/mol. The lowest BCUT2D eigenvalue weighted by atomic mass is 10.2. The lowest BCUT2D eigenvalue weighted by molar-refractivity contribution is 0.0924.